The molecule has 140 valence electrons. The van der Waals surface area contributed by atoms with Gasteiger partial charge in [-0.3, -0.25) is 4.79 Å². The highest BCUT2D eigenvalue weighted by Crippen LogP contribution is 2.24. The molecule has 0 fully saturated rings. The third kappa shape index (κ3) is 5.32. The van der Waals surface area contributed by atoms with E-state index in [-0.39, 0.29) is 23.2 Å². The first-order valence-corrected chi connectivity index (χ1v) is 9.03. The largest absolute Gasteiger partial charge is 0.481 e. The van der Waals surface area contributed by atoms with Gasteiger partial charge in [0.2, 0.25) is 0 Å². The molecule has 0 spiro atoms. The highest BCUT2D eigenvalue weighted by atomic mass is 19.1. The van der Waals surface area contributed by atoms with Crippen molar-refractivity contribution in [3.8, 4) is 5.75 Å². The van der Waals surface area contributed by atoms with Crippen LogP contribution in [-0.2, 0) is 10.2 Å². The van der Waals surface area contributed by atoms with Crippen LogP contribution in [0.15, 0.2) is 48.5 Å². The van der Waals surface area contributed by atoms with E-state index in [1.165, 1.54) is 29.8 Å². The van der Waals surface area contributed by atoms with E-state index in [2.05, 4.69) is 38.2 Å². The van der Waals surface area contributed by atoms with Crippen molar-refractivity contribution in [1.82, 2.24) is 5.32 Å². The number of carbonyl (C=O) groups excluding carboxylic acids is 1. The molecule has 0 heterocycles. The molecule has 0 aliphatic heterocycles. The Bertz CT molecular complexity index is 717. The molecule has 0 saturated heterocycles. The van der Waals surface area contributed by atoms with Gasteiger partial charge in [-0.1, -0.05) is 52.0 Å². The van der Waals surface area contributed by atoms with Gasteiger partial charge in [0.1, 0.15) is 11.6 Å². The molecule has 2 atom stereocenters. The lowest BCUT2D eigenvalue weighted by Crippen LogP contribution is -2.39. The molecule has 0 aliphatic carbocycles. The molecule has 0 saturated carbocycles. The maximum absolute atomic E-state index is 13.0. The molecule has 1 amide bonds. The maximum atomic E-state index is 13.0. The van der Waals surface area contributed by atoms with Gasteiger partial charge in [-0.2, -0.15) is 0 Å². The molecule has 0 bridgehead atoms. The Balaban J connectivity index is 2.00. The maximum Gasteiger partial charge on any atom is 0.261 e. The van der Waals surface area contributed by atoms with Crippen molar-refractivity contribution in [2.75, 3.05) is 0 Å². The first kappa shape index (κ1) is 20.0. The molecular weight excluding hydrogens is 329 g/mol. The molecule has 4 heteroatoms. The molecule has 0 aliphatic rings. The number of halogens is 1. The lowest BCUT2D eigenvalue weighted by atomic mass is 9.86. The molecule has 26 heavy (non-hydrogen) atoms. The number of carbonyl (C=O) groups is 1. The third-order valence-corrected chi connectivity index (χ3v) is 4.39. The first-order chi connectivity index (χ1) is 12.2. The normalized spacial score (nSPS) is 13.8. The van der Waals surface area contributed by atoms with E-state index in [0.29, 0.717) is 12.2 Å². The van der Waals surface area contributed by atoms with Crippen molar-refractivity contribution in [2.24, 2.45) is 0 Å². The van der Waals surface area contributed by atoms with Crippen LogP contribution in [0.3, 0.4) is 0 Å². The summed E-state index contributed by atoms with van der Waals surface area (Å²) in [6.45, 7) is 10.4. The average molecular weight is 357 g/mol. The minimum atomic E-state index is -0.614. The van der Waals surface area contributed by atoms with Crippen molar-refractivity contribution in [2.45, 2.75) is 58.6 Å². The number of benzene rings is 2. The lowest BCUT2D eigenvalue weighted by molar-refractivity contribution is -0.128. The van der Waals surface area contributed by atoms with Crippen molar-refractivity contribution < 1.29 is 13.9 Å². The molecule has 3 nitrogen and oxygen atoms in total. The molecule has 0 aromatic heterocycles. The van der Waals surface area contributed by atoms with Gasteiger partial charge < -0.3 is 10.1 Å². The van der Waals surface area contributed by atoms with Gasteiger partial charge in [0.15, 0.2) is 6.10 Å². The fourth-order valence-electron chi connectivity index (χ4n) is 2.66. The summed E-state index contributed by atoms with van der Waals surface area (Å²) in [5.41, 5.74) is 2.40. The van der Waals surface area contributed by atoms with E-state index in [1.807, 2.05) is 26.0 Å². The SMILES string of the molecule is CC[C@@H](Oc1ccc(F)cc1)C(=O)N[C@H](C)c1ccc(C(C)(C)C)cc1. The summed E-state index contributed by atoms with van der Waals surface area (Å²) in [7, 11) is 0. The van der Waals surface area contributed by atoms with Crippen LogP contribution >= 0.6 is 0 Å². The number of ether oxygens (including phenoxy) is 1. The Morgan fingerprint density at radius 3 is 2.15 bits per heavy atom. The van der Waals surface area contributed by atoms with Gasteiger partial charge in [-0.25, -0.2) is 4.39 Å². The summed E-state index contributed by atoms with van der Waals surface area (Å²) in [6.07, 6.45) is -0.0874. The van der Waals surface area contributed by atoms with Crippen LogP contribution in [0.4, 0.5) is 4.39 Å². The fourth-order valence-corrected chi connectivity index (χ4v) is 2.66. The van der Waals surface area contributed by atoms with Crippen LogP contribution < -0.4 is 10.1 Å². The second-order valence-corrected chi connectivity index (χ2v) is 7.57. The van der Waals surface area contributed by atoms with Gasteiger partial charge >= 0.3 is 0 Å². The number of amides is 1. The smallest absolute Gasteiger partial charge is 0.261 e. The van der Waals surface area contributed by atoms with E-state index in [0.717, 1.165) is 5.56 Å². The van der Waals surface area contributed by atoms with Gasteiger partial charge in [0.05, 0.1) is 6.04 Å². The zero-order valence-electron chi connectivity index (χ0n) is 16.2. The highest BCUT2D eigenvalue weighted by Gasteiger charge is 2.21. The molecule has 2 rings (SSSR count). The first-order valence-electron chi connectivity index (χ1n) is 9.03. The van der Waals surface area contributed by atoms with E-state index >= 15 is 0 Å². The summed E-state index contributed by atoms with van der Waals surface area (Å²) in [6, 6.07) is 13.9. The Morgan fingerprint density at radius 1 is 1.08 bits per heavy atom. The van der Waals surface area contributed by atoms with Crippen LogP contribution in [0.2, 0.25) is 0 Å². The van der Waals surface area contributed by atoms with Crippen LogP contribution in [0.25, 0.3) is 0 Å². The molecule has 1 N–H and O–H groups in total. The summed E-state index contributed by atoms with van der Waals surface area (Å²) >= 11 is 0. The topological polar surface area (TPSA) is 38.3 Å². The van der Waals surface area contributed by atoms with Gasteiger partial charge in [0, 0.05) is 0 Å². The van der Waals surface area contributed by atoms with Crippen molar-refractivity contribution >= 4 is 5.91 Å². The summed E-state index contributed by atoms with van der Waals surface area (Å²) < 4.78 is 18.7. The van der Waals surface area contributed by atoms with Crippen molar-refractivity contribution in [3.63, 3.8) is 0 Å². The zero-order valence-corrected chi connectivity index (χ0v) is 16.2. The minimum absolute atomic E-state index is 0.0985. The highest BCUT2D eigenvalue weighted by molar-refractivity contribution is 5.81. The van der Waals surface area contributed by atoms with Crippen LogP contribution in [0.1, 0.15) is 58.2 Å². The third-order valence-electron chi connectivity index (χ3n) is 4.39. The summed E-state index contributed by atoms with van der Waals surface area (Å²) in [5, 5.41) is 3.00. The number of nitrogens with one attached hydrogen (secondary N) is 1. The van der Waals surface area contributed by atoms with Gasteiger partial charge in [0.25, 0.3) is 5.91 Å². The Morgan fingerprint density at radius 2 is 1.65 bits per heavy atom. The predicted molar refractivity (Wildman–Crippen MR) is 103 cm³/mol. The minimum Gasteiger partial charge on any atom is -0.481 e. The standard InChI is InChI=1S/C22H28FNO2/c1-6-20(26-19-13-11-18(23)12-14-19)21(25)24-15(2)16-7-9-17(10-8-16)22(3,4)5/h7-15,20H,6H2,1-5H3,(H,24,25)/t15-,20-/m1/s1. The number of hydrogen-bond donors (Lipinski definition) is 1. The summed E-state index contributed by atoms with van der Waals surface area (Å²) in [5.74, 6) is -0.0259. The van der Waals surface area contributed by atoms with Gasteiger partial charge in [-0.15, -0.1) is 0 Å². The monoisotopic (exact) mass is 357 g/mol. The van der Waals surface area contributed by atoms with Crippen LogP contribution in [0, 0.1) is 5.82 Å². The zero-order chi connectivity index (χ0) is 19.3. The fraction of sp³-hybridized carbons (Fsp3) is 0.409. The van der Waals surface area contributed by atoms with Crippen LogP contribution in [0.5, 0.6) is 5.75 Å². The van der Waals surface area contributed by atoms with E-state index in [4.69, 9.17) is 4.74 Å². The average Bonchev–Trinajstić information content (AvgIpc) is 2.60. The molecule has 2 aromatic carbocycles. The molecule has 0 radical (unpaired) electrons. The number of rotatable bonds is 6. The summed E-state index contributed by atoms with van der Waals surface area (Å²) in [4.78, 5) is 12.5. The molecule has 0 unspecified atom stereocenters. The second kappa shape index (κ2) is 8.35. The Labute approximate surface area is 155 Å². The Kier molecular flexibility index (Phi) is 6.41. The molecule has 2 aromatic rings. The van der Waals surface area contributed by atoms with E-state index in [9.17, 15) is 9.18 Å². The van der Waals surface area contributed by atoms with E-state index in [1.54, 1.807) is 0 Å². The predicted octanol–water partition coefficient (Wildman–Crippen LogP) is 5.16. The van der Waals surface area contributed by atoms with Crippen LogP contribution in [-0.4, -0.2) is 12.0 Å². The lowest BCUT2D eigenvalue weighted by Gasteiger charge is -2.22. The second-order valence-electron chi connectivity index (χ2n) is 7.57. The Hall–Kier alpha value is -2.36. The van der Waals surface area contributed by atoms with Gasteiger partial charge in [-0.05, 0) is 54.2 Å². The number of hydrogen-bond acceptors (Lipinski definition) is 2. The van der Waals surface area contributed by atoms with E-state index < -0.39 is 6.10 Å². The van der Waals surface area contributed by atoms with Crippen molar-refractivity contribution in [1.29, 1.82) is 0 Å². The quantitative estimate of drug-likeness (QED) is 0.776. The molecular formula is C22H28FNO2. The van der Waals surface area contributed by atoms with Crippen molar-refractivity contribution in [3.05, 3.63) is 65.5 Å².